The fourth-order valence-electron chi connectivity index (χ4n) is 2.81. The highest BCUT2D eigenvalue weighted by Gasteiger charge is 2.40. The van der Waals surface area contributed by atoms with Gasteiger partial charge in [-0.2, -0.15) is 0 Å². The Labute approximate surface area is 109 Å². The molecule has 100 valence electrons. The number of hydrogen-bond donors (Lipinski definition) is 0. The smallest absolute Gasteiger partial charge is 0.155 e. The van der Waals surface area contributed by atoms with Crippen LogP contribution in [0.4, 0.5) is 0 Å². The van der Waals surface area contributed by atoms with E-state index in [1.165, 1.54) is 5.57 Å². The van der Waals surface area contributed by atoms with E-state index in [4.69, 9.17) is 9.78 Å². The molecule has 0 aromatic rings. The second kappa shape index (κ2) is 5.37. The molecule has 3 heteroatoms. The number of fused-ring (bicyclic) bond motifs is 2. The molecule has 3 rings (SSSR count). The highest BCUT2D eigenvalue weighted by molar-refractivity contribution is 5.90. The van der Waals surface area contributed by atoms with E-state index in [1.54, 1.807) is 6.08 Å². The summed E-state index contributed by atoms with van der Waals surface area (Å²) < 4.78 is 0. The van der Waals surface area contributed by atoms with E-state index in [2.05, 4.69) is 19.9 Å². The van der Waals surface area contributed by atoms with E-state index in [-0.39, 0.29) is 18.0 Å². The summed E-state index contributed by atoms with van der Waals surface area (Å²) >= 11 is 0. The largest absolute Gasteiger partial charge is 0.295 e. The van der Waals surface area contributed by atoms with Gasteiger partial charge < -0.3 is 0 Å². The molecule has 2 bridgehead atoms. The lowest BCUT2D eigenvalue weighted by Gasteiger charge is -2.41. The monoisotopic (exact) mass is 250 g/mol. The summed E-state index contributed by atoms with van der Waals surface area (Å²) in [7, 11) is 0. The third-order valence-corrected chi connectivity index (χ3v) is 3.83. The van der Waals surface area contributed by atoms with Crippen LogP contribution in [-0.4, -0.2) is 18.0 Å². The van der Waals surface area contributed by atoms with Gasteiger partial charge in [0, 0.05) is 6.42 Å². The third kappa shape index (κ3) is 2.90. The molecule has 2 aliphatic heterocycles. The van der Waals surface area contributed by atoms with Crippen molar-refractivity contribution in [1.82, 2.24) is 0 Å². The van der Waals surface area contributed by atoms with Gasteiger partial charge in [0.2, 0.25) is 0 Å². The Morgan fingerprint density at radius 3 is 2.72 bits per heavy atom. The Hall–Kier alpha value is -0.930. The Balaban J connectivity index is 1.97. The van der Waals surface area contributed by atoms with Crippen LogP contribution in [0.5, 0.6) is 0 Å². The molecule has 0 aromatic carbocycles. The minimum atomic E-state index is 0.0181. The molecule has 1 saturated heterocycles. The van der Waals surface area contributed by atoms with Crippen LogP contribution in [-0.2, 0) is 14.6 Å². The number of carbonyl (C=O) groups excluding carboxylic acids is 1. The van der Waals surface area contributed by atoms with Crippen molar-refractivity contribution in [3.63, 3.8) is 0 Å². The maximum absolute atomic E-state index is 11.8. The zero-order chi connectivity index (χ0) is 13.3. The van der Waals surface area contributed by atoms with E-state index in [9.17, 15) is 4.79 Å². The lowest BCUT2D eigenvalue weighted by molar-refractivity contribution is -0.380. The molecule has 0 amide bonds. The molecule has 4 atom stereocenters. The van der Waals surface area contributed by atoms with Crippen LogP contribution in [0, 0.1) is 11.8 Å². The molecular formula is C15H22O3. The molecule has 0 N–H and O–H groups in total. The lowest BCUT2D eigenvalue weighted by atomic mass is 9.76. The van der Waals surface area contributed by atoms with Crippen LogP contribution < -0.4 is 0 Å². The minimum Gasteiger partial charge on any atom is -0.295 e. The Bertz CT molecular complexity index is 391. The fourth-order valence-corrected chi connectivity index (χ4v) is 2.81. The Morgan fingerprint density at radius 1 is 1.50 bits per heavy atom. The molecule has 0 saturated carbocycles. The molecule has 0 aromatic heterocycles. The summed E-state index contributed by atoms with van der Waals surface area (Å²) in [5, 5.41) is 0. The molecule has 4 unspecified atom stereocenters. The van der Waals surface area contributed by atoms with Crippen LogP contribution >= 0.6 is 0 Å². The van der Waals surface area contributed by atoms with E-state index >= 15 is 0 Å². The van der Waals surface area contributed by atoms with Crippen molar-refractivity contribution in [2.45, 2.75) is 52.7 Å². The topological polar surface area (TPSA) is 35.5 Å². The van der Waals surface area contributed by atoms with Crippen molar-refractivity contribution in [1.29, 1.82) is 0 Å². The number of hydrogen-bond acceptors (Lipinski definition) is 3. The second-order valence-electron chi connectivity index (χ2n) is 5.83. The number of ketones is 1. The van der Waals surface area contributed by atoms with Crippen molar-refractivity contribution in [3.05, 3.63) is 23.3 Å². The molecule has 2 heterocycles. The first-order valence-corrected chi connectivity index (χ1v) is 6.65. The standard InChI is InChI=1S/C15H22O3/c1-9(2)5-12(16)6-10(3)13-8-14-11(4)7-15(13)18-17-14/h5,7,10,13-15H,6,8H2,1-4H3. The number of carbonyl (C=O) groups is 1. The predicted octanol–water partition coefficient (Wildman–Crippen LogP) is 3.21. The van der Waals surface area contributed by atoms with Gasteiger partial charge in [-0.1, -0.05) is 18.6 Å². The van der Waals surface area contributed by atoms with Crippen molar-refractivity contribution >= 4 is 5.78 Å². The van der Waals surface area contributed by atoms with Crippen molar-refractivity contribution in [3.8, 4) is 0 Å². The highest BCUT2D eigenvalue weighted by Crippen LogP contribution is 2.39. The predicted molar refractivity (Wildman–Crippen MR) is 69.8 cm³/mol. The molecular weight excluding hydrogens is 228 g/mol. The number of rotatable bonds is 4. The first kappa shape index (κ1) is 13.5. The Kier molecular flexibility index (Phi) is 4.03. The molecule has 0 radical (unpaired) electrons. The summed E-state index contributed by atoms with van der Waals surface area (Å²) in [6.07, 6.45) is 5.54. The van der Waals surface area contributed by atoms with Crippen molar-refractivity contribution < 1.29 is 14.6 Å². The molecule has 18 heavy (non-hydrogen) atoms. The third-order valence-electron chi connectivity index (χ3n) is 3.83. The van der Waals surface area contributed by atoms with Crippen LogP contribution in [0.3, 0.4) is 0 Å². The van der Waals surface area contributed by atoms with Gasteiger partial charge in [0.25, 0.3) is 0 Å². The van der Waals surface area contributed by atoms with E-state index in [0.717, 1.165) is 12.0 Å². The van der Waals surface area contributed by atoms with Gasteiger partial charge in [-0.15, -0.1) is 0 Å². The second-order valence-corrected chi connectivity index (χ2v) is 5.83. The average Bonchev–Trinajstić information content (AvgIpc) is 2.28. The summed E-state index contributed by atoms with van der Waals surface area (Å²) in [5.74, 6) is 0.932. The van der Waals surface area contributed by atoms with Crippen molar-refractivity contribution in [2.75, 3.05) is 0 Å². The minimum absolute atomic E-state index is 0.0181. The average molecular weight is 250 g/mol. The summed E-state index contributed by atoms with van der Waals surface area (Å²) in [6.45, 7) is 8.12. The quantitative estimate of drug-likeness (QED) is 0.436. The first-order chi connectivity index (χ1) is 8.47. The van der Waals surface area contributed by atoms with Gasteiger partial charge in [0.15, 0.2) is 5.78 Å². The normalized spacial score (nSPS) is 31.8. The maximum Gasteiger partial charge on any atom is 0.155 e. The van der Waals surface area contributed by atoms with E-state index < -0.39 is 0 Å². The van der Waals surface area contributed by atoms with Crippen LogP contribution in [0.25, 0.3) is 0 Å². The van der Waals surface area contributed by atoms with Gasteiger partial charge in [-0.3, -0.25) is 4.79 Å². The van der Waals surface area contributed by atoms with Crippen LogP contribution in [0.15, 0.2) is 23.3 Å². The molecule has 3 aliphatic rings. The molecule has 1 aliphatic carbocycles. The summed E-state index contributed by atoms with van der Waals surface area (Å²) in [6, 6.07) is 0. The van der Waals surface area contributed by atoms with Gasteiger partial charge >= 0.3 is 0 Å². The maximum atomic E-state index is 11.8. The Morgan fingerprint density at radius 2 is 2.22 bits per heavy atom. The fraction of sp³-hybridized carbons (Fsp3) is 0.667. The van der Waals surface area contributed by atoms with Gasteiger partial charge in [0.1, 0.15) is 12.2 Å². The van der Waals surface area contributed by atoms with Gasteiger partial charge in [-0.05, 0) is 50.7 Å². The highest BCUT2D eigenvalue weighted by atomic mass is 17.2. The first-order valence-electron chi connectivity index (χ1n) is 6.65. The van der Waals surface area contributed by atoms with Crippen molar-refractivity contribution in [2.24, 2.45) is 11.8 Å². The zero-order valence-corrected chi connectivity index (χ0v) is 11.6. The summed E-state index contributed by atoms with van der Waals surface area (Å²) in [4.78, 5) is 22.4. The lowest BCUT2D eigenvalue weighted by Crippen LogP contribution is -2.43. The van der Waals surface area contributed by atoms with Crippen LogP contribution in [0.2, 0.25) is 0 Å². The van der Waals surface area contributed by atoms with E-state index in [1.807, 2.05) is 13.8 Å². The molecule has 3 nitrogen and oxygen atoms in total. The van der Waals surface area contributed by atoms with Gasteiger partial charge in [-0.25, -0.2) is 9.78 Å². The summed E-state index contributed by atoms with van der Waals surface area (Å²) in [5.41, 5.74) is 2.32. The number of allylic oxidation sites excluding steroid dienone is 2. The molecule has 0 spiro atoms. The van der Waals surface area contributed by atoms with Crippen LogP contribution in [0.1, 0.15) is 40.5 Å². The SMILES string of the molecule is CC(C)=CC(=O)CC(C)C1CC2OOC1C=C2C. The van der Waals surface area contributed by atoms with E-state index in [0.29, 0.717) is 18.3 Å². The molecule has 1 fully saturated rings. The van der Waals surface area contributed by atoms with Gasteiger partial charge in [0.05, 0.1) is 0 Å². The zero-order valence-electron chi connectivity index (χ0n) is 11.6.